The second-order valence-corrected chi connectivity index (χ2v) is 8.67. The second kappa shape index (κ2) is 9.03. The van der Waals surface area contributed by atoms with Crippen molar-refractivity contribution in [3.8, 4) is 0 Å². The molecule has 0 saturated carbocycles. The number of fused-ring (bicyclic) bond motifs is 1. The van der Waals surface area contributed by atoms with Gasteiger partial charge in [0, 0.05) is 53.1 Å². The van der Waals surface area contributed by atoms with Crippen LogP contribution in [0.1, 0.15) is 28.1 Å². The number of halogens is 1. The molecule has 1 aromatic heterocycles. The molecule has 3 aromatic rings. The van der Waals surface area contributed by atoms with Crippen LogP contribution in [-0.4, -0.2) is 32.0 Å². The van der Waals surface area contributed by atoms with Crippen LogP contribution in [0.3, 0.4) is 0 Å². The average molecular weight is 442 g/mol. The Hall–Kier alpha value is -2.97. The summed E-state index contributed by atoms with van der Waals surface area (Å²) in [6.45, 7) is 1.70. The Morgan fingerprint density at radius 2 is 1.90 bits per heavy atom. The number of hydrogen-bond donors (Lipinski definition) is 2. The predicted molar refractivity (Wildman–Crippen MR) is 121 cm³/mol. The van der Waals surface area contributed by atoms with Crippen LogP contribution in [0.25, 0.3) is 10.1 Å². The van der Waals surface area contributed by atoms with Crippen LogP contribution in [0, 0.1) is 11.7 Å². The van der Waals surface area contributed by atoms with Crippen LogP contribution < -0.4 is 16.0 Å². The molecular formula is C23H24FN3O3S. The Morgan fingerprint density at radius 1 is 1.19 bits per heavy atom. The Balaban J connectivity index is 1.49. The van der Waals surface area contributed by atoms with Gasteiger partial charge < -0.3 is 20.7 Å². The Bertz CT molecular complexity index is 1110. The van der Waals surface area contributed by atoms with Crippen molar-refractivity contribution in [3.63, 3.8) is 0 Å². The van der Waals surface area contributed by atoms with Crippen molar-refractivity contribution in [1.29, 1.82) is 0 Å². The van der Waals surface area contributed by atoms with Gasteiger partial charge in [0.1, 0.15) is 5.82 Å². The Labute approximate surface area is 183 Å². The van der Waals surface area contributed by atoms with E-state index in [1.165, 1.54) is 24.5 Å². The van der Waals surface area contributed by atoms with E-state index in [9.17, 15) is 14.0 Å². The third-order valence-electron chi connectivity index (χ3n) is 5.65. The molecule has 4 rings (SSSR count). The highest BCUT2D eigenvalue weighted by molar-refractivity contribution is 7.21. The highest BCUT2D eigenvalue weighted by atomic mass is 32.1. The predicted octanol–water partition coefficient (Wildman–Crippen LogP) is 4.14. The fourth-order valence-corrected chi connectivity index (χ4v) is 5.12. The van der Waals surface area contributed by atoms with Gasteiger partial charge in [0.2, 0.25) is 5.91 Å². The molecule has 0 atom stereocenters. The summed E-state index contributed by atoms with van der Waals surface area (Å²) in [7, 11) is 1.52. The lowest BCUT2D eigenvalue weighted by Gasteiger charge is -2.32. The summed E-state index contributed by atoms with van der Waals surface area (Å²) in [5.74, 6) is -0.930. The van der Waals surface area contributed by atoms with Crippen molar-refractivity contribution in [2.75, 3.05) is 30.4 Å². The smallest absolute Gasteiger partial charge is 0.266 e. The van der Waals surface area contributed by atoms with E-state index in [-0.39, 0.29) is 30.2 Å². The zero-order valence-corrected chi connectivity index (χ0v) is 18.0. The average Bonchev–Trinajstić information content (AvgIpc) is 3.14. The van der Waals surface area contributed by atoms with Crippen molar-refractivity contribution in [1.82, 2.24) is 0 Å². The number of methoxy groups -OCH3 is 1. The third kappa shape index (κ3) is 4.40. The number of thiophene rings is 1. The van der Waals surface area contributed by atoms with Gasteiger partial charge in [-0.1, -0.05) is 6.07 Å². The van der Waals surface area contributed by atoms with Gasteiger partial charge in [0.15, 0.2) is 0 Å². The fraction of sp³-hybridized carbons (Fsp3) is 0.304. The van der Waals surface area contributed by atoms with Gasteiger partial charge in [-0.05, 0) is 49.2 Å². The van der Waals surface area contributed by atoms with Gasteiger partial charge >= 0.3 is 0 Å². The zero-order chi connectivity index (χ0) is 22.0. The van der Waals surface area contributed by atoms with E-state index >= 15 is 0 Å². The largest absolute Gasteiger partial charge is 0.380 e. The van der Waals surface area contributed by atoms with Crippen molar-refractivity contribution in [2.24, 2.45) is 11.7 Å². The lowest BCUT2D eigenvalue weighted by atomic mass is 9.96. The van der Waals surface area contributed by atoms with Crippen LogP contribution in [0.2, 0.25) is 0 Å². The number of anilines is 2. The number of hydrogen-bond acceptors (Lipinski definition) is 5. The van der Waals surface area contributed by atoms with Gasteiger partial charge in [-0.3, -0.25) is 9.59 Å². The monoisotopic (exact) mass is 441 g/mol. The number of nitrogens with zero attached hydrogens (tertiary/aromatic N) is 1. The van der Waals surface area contributed by atoms with Gasteiger partial charge in [-0.2, -0.15) is 0 Å². The van der Waals surface area contributed by atoms with Crippen LogP contribution in [0.5, 0.6) is 0 Å². The number of nitrogens with two attached hydrogens (primary N) is 1. The maximum Gasteiger partial charge on any atom is 0.266 e. The topological polar surface area (TPSA) is 84.7 Å². The van der Waals surface area contributed by atoms with Crippen LogP contribution >= 0.6 is 11.3 Å². The van der Waals surface area contributed by atoms with Gasteiger partial charge in [0.05, 0.1) is 11.5 Å². The zero-order valence-electron chi connectivity index (χ0n) is 17.2. The molecule has 6 nitrogen and oxygen atoms in total. The van der Waals surface area contributed by atoms with Gasteiger partial charge in [-0.15, -0.1) is 11.3 Å². The number of amides is 2. The van der Waals surface area contributed by atoms with Crippen LogP contribution in [0.4, 0.5) is 15.8 Å². The number of ether oxygens (including phenoxy) is 1. The maximum absolute atomic E-state index is 14.4. The van der Waals surface area contributed by atoms with E-state index in [1.807, 2.05) is 24.3 Å². The normalized spacial score (nSPS) is 14.7. The number of rotatable bonds is 6. The molecule has 1 aliphatic rings. The number of primary amides is 1. The third-order valence-corrected chi connectivity index (χ3v) is 6.84. The van der Waals surface area contributed by atoms with Crippen LogP contribution in [-0.2, 0) is 16.1 Å². The molecule has 2 aromatic carbocycles. The van der Waals surface area contributed by atoms with E-state index in [2.05, 4.69) is 10.2 Å². The van der Waals surface area contributed by atoms with Crippen molar-refractivity contribution < 1.29 is 18.7 Å². The minimum Gasteiger partial charge on any atom is -0.380 e. The lowest BCUT2D eigenvalue weighted by molar-refractivity contribution is -0.122. The second-order valence-electron chi connectivity index (χ2n) is 7.62. The maximum atomic E-state index is 14.4. The van der Waals surface area contributed by atoms with Crippen LogP contribution in [0.15, 0.2) is 42.5 Å². The number of piperidine rings is 1. The molecule has 3 N–H and O–H groups in total. The van der Waals surface area contributed by atoms with E-state index in [4.69, 9.17) is 10.5 Å². The van der Waals surface area contributed by atoms with E-state index < -0.39 is 0 Å². The van der Waals surface area contributed by atoms with E-state index in [0.717, 1.165) is 31.6 Å². The van der Waals surface area contributed by atoms with E-state index in [0.29, 0.717) is 26.2 Å². The molecule has 2 amide bonds. The number of carbonyl (C=O) groups excluding carboxylic acids is 2. The highest BCUT2D eigenvalue weighted by Crippen LogP contribution is 2.34. The molecule has 0 aliphatic carbocycles. The number of nitrogens with one attached hydrogen (secondary N) is 1. The molecule has 0 unspecified atom stereocenters. The first-order chi connectivity index (χ1) is 15.0. The van der Waals surface area contributed by atoms with Crippen molar-refractivity contribution in [2.45, 2.75) is 19.4 Å². The minimum absolute atomic E-state index is 0.0535. The number of carbonyl (C=O) groups is 2. The summed E-state index contributed by atoms with van der Waals surface area (Å²) in [6, 6.07) is 12.4. The molecular weight excluding hydrogens is 417 g/mol. The summed E-state index contributed by atoms with van der Waals surface area (Å²) < 4.78 is 20.3. The van der Waals surface area contributed by atoms with Gasteiger partial charge in [0.25, 0.3) is 5.91 Å². The fourth-order valence-electron chi connectivity index (χ4n) is 4.00. The molecule has 31 heavy (non-hydrogen) atoms. The first-order valence-corrected chi connectivity index (χ1v) is 10.9. The van der Waals surface area contributed by atoms with Crippen molar-refractivity contribution in [3.05, 3.63) is 58.7 Å². The molecule has 0 bridgehead atoms. The Morgan fingerprint density at radius 3 is 2.55 bits per heavy atom. The Kier molecular flexibility index (Phi) is 6.20. The van der Waals surface area contributed by atoms with Gasteiger partial charge in [-0.25, -0.2) is 4.39 Å². The first kappa shape index (κ1) is 21.3. The molecule has 0 radical (unpaired) electrons. The first-order valence-electron chi connectivity index (χ1n) is 10.1. The van der Waals surface area contributed by atoms with E-state index in [1.54, 1.807) is 12.1 Å². The molecule has 2 heterocycles. The molecule has 0 spiro atoms. The number of benzene rings is 2. The lowest BCUT2D eigenvalue weighted by Crippen LogP contribution is -2.38. The summed E-state index contributed by atoms with van der Waals surface area (Å²) in [5, 5.41) is 3.34. The summed E-state index contributed by atoms with van der Waals surface area (Å²) in [6.07, 6.45) is 1.50. The quantitative estimate of drug-likeness (QED) is 0.602. The minimum atomic E-state index is -0.357. The summed E-state index contributed by atoms with van der Waals surface area (Å²) in [4.78, 5) is 26.9. The molecule has 8 heteroatoms. The standard InChI is InChI=1S/C23H24FN3O3S/c1-30-13-17-20-18(24)3-2-4-19(20)31-21(17)23(29)26-15-5-7-16(8-6-15)27-11-9-14(10-12-27)22(25)28/h2-8,14H,9-13H2,1H3,(H2,25,28)(H,26,29). The molecule has 1 saturated heterocycles. The molecule has 1 fully saturated rings. The SMILES string of the molecule is COCc1c(C(=O)Nc2ccc(N3CCC(C(N)=O)CC3)cc2)sc2cccc(F)c12. The summed E-state index contributed by atoms with van der Waals surface area (Å²) >= 11 is 1.26. The highest BCUT2D eigenvalue weighted by Gasteiger charge is 2.24. The summed E-state index contributed by atoms with van der Waals surface area (Å²) in [5.41, 5.74) is 7.65. The molecule has 1 aliphatic heterocycles. The molecule has 162 valence electrons. The van der Waals surface area contributed by atoms with Crippen molar-refractivity contribution >= 4 is 44.6 Å².